The maximum absolute atomic E-state index is 12.1. The van der Waals surface area contributed by atoms with E-state index in [1.807, 2.05) is 0 Å². The van der Waals surface area contributed by atoms with E-state index in [-0.39, 0.29) is 20.8 Å². The molecule has 0 saturated carbocycles. The Morgan fingerprint density at radius 1 is 1.16 bits per heavy atom. The predicted molar refractivity (Wildman–Crippen MR) is 74.0 cm³/mol. The smallest absolute Gasteiger partial charge is 0.262 e. The molecule has 0 atom stereocenters. The molecule has 0 aliphatic heterocycles. The zero-order chi connectivity index (χ0) is 14.0. The summed E-state index contributed by atoms with van der Waals surface area (Å²) in [5.41, 5.74) is 0.684. The lowest BCUT2D eigenvalue weighted by Crippen LogP contribution is -2.14. The van der Waals surface area contributed by atoms with Crippen molar-refractivity contribution in [1.29, 1.82) is 0 Å². The van der Waals surface area contributed by atoms with Crippen molar-refractivity contribution < 1.29 is 8.42 Å². The van der Waals surface area contributed by atoms with E-state index in [0.717, 1.165) is 0 Å². The van der Waals surface area contributed by atoms with Crippen molar-refractivity contribution in [3.63, 3.8) is 0 Å². The molecule has 2 aromatic rings. The highest BCUT2D eigenvalue weighted by molar-refractivity contribution is 7.92. The van der Waals surface area contributed by atoms with Crippen LogP contribution in [0.2, 0.25) is 10.0 Å². The lowest BCUT2D eigenvalue weighted by atomic mass is 10.4. The molecular weight excluding hydrogens is 309 g/mol. The van der Waals surface area contributed by atoms with Gasteiger partial charge >= 0.3 is 0 Å². The quantitative estimate of drug-likeness (QED) is 0.944. The fourth-order valence-corrected chi connectivity index (χ4v) is 3.09. The zero-order valence-electron chi connectivity index (χ0n) is 9.76. The largest absolute Gasteiger partial charge is 0.264 e. The number of nitrogens with one attached hydrogen (secondary N) is 1. The van der Waals surface area contributed by atoms with Gasteiger partial charge in [-0.15, -0.1) is 0 Å². The number of nitrogens with zero attached hydrogens (tertiary/aromatic N) is 2. The molecule has 1 aromatic heterocycles. The van der Waals surface area contributed by atoms with Crippen LogP contribution in [0.4, 0.5) is 5.82 Å². The van der Waals surface area contributed by atoms with Crippen LogP contribution in [0.25, 0.3) is 0 Å². The molecule has 0 radical (unpaired) electrons. The first-order chi connectivity index (χ1) is 8.90. The van der Waals surface area contributed by atoms with Crippen LogP contribution in [0, 0.1) is 6.92 Å². The highest BCUT2D eigenvalue weighted by Crippen LogP contribution is 2.29. The van der Waals surface area contributed by atoms with Crippen LogP contribution in [0.15, 0.2) is 35.5 Å². The molecule has 2 rings (SSSR count). The predicted octanol–water partition coefficient (Wildman–Crippen LogP) is 2.89. The minimum absolute atomic E-state index is 0.0308. The molecule has 0 bridgehead atoms. The van der Waals surface area contributed by atoms with Crippen LogP contribution in [-0.4, -0.2) is 18.4 Å². The lowest BCUT2D eigenvalue weighted by molar-refractivity contribution is 0.601. The molecule has 0 aliphatic rings. The number of benzene rings is 1. The Kier molecular flexibility index (Phi) is 3.93. The Labute approximate surface area is 120 Å². The Morgan fingerprint density at radius 3 is 2.53 bits per heavy atom. The van der Waals surface area contributed by atoms with E-state index in [4.69, 9.17) is 23.2 Å². The summed E-state index contributed by atoms with van der Waals surface area (Å²) in [5.74, 6) is 0.113. The first kappa shape index (κ1) is 14.0. The van der Waals surface area contributed by atoms with Crippen molar-refractivity contribution in [3.8, 4) is 0 Å². The van der Waals surface area contributed by atoms with E-state index in [1.165, 1.54) is 30.6 Å². The van der Waals surface area contributed by atoms with Gasteiger partial charge in [0.05, 0.1) is 28.1 Å². The average Bonchev–Trinajstić information content (AvgIpc) is 2.35. The Morgan fingerprint density at radius 2 is 1.89 bits per heavy atom. The summed E-state index contributed by atoms with van der Waals surface area (Å²) in [6.45, 7) is 1.75. The van der Waals surface area contributed by atoms with Gasteiger partial charge in [-0.2, -0.15) is 0 Å². The topological polar surface area (TPSA) is 72.0 Å². The first-order valence-electron chi connectivity index (χ1n) is 5.15. The normalized spacial score (nSPS) is 11.3. The van der Waals surface area contributed by atoms with Crippen LogP contribution < -0.4 is 4.72 Å². The molecule has 0 saturated heterocycles. The molecule has 8 heteroatoms. The van der Waals surface area contributed by atoms with Gasteiger partial charge in [0.25, 0.3) is 10.0 Å². The third-order valence-electron chi connectivity index (χ3n) is 2.23. The van der Waals surface area contributed by atoms with Gasteiger partial charge in [0, 0.05) is 0 Å². The molecular formula is C11H9Cl2N3O2S. The number of anilines is 1. The SMILES string of the molecule is Cc1cnc(NS(=O)(=O)c2cccc(Cl)c2Cl)cn1. The van der Waals surface area contributed by atoms with Crippen molar-refractivity contribution >= 4 is 39.0 Å². The molecule has 0 spiro atoms. The minimum Gasteiger partial charge on any atom is -0.262 e. The molecule has 1 aromatic carbocycles. The first-order valence-corrected chi connectivity index (χ1v) is 7.39. The minimum atomic E-state index is -3.85. The van der Waals surface area contributed by atoms with Crippen LogP contribution in [0.3, 0.4) is 0 Å². The van der Waals surface area contributed by atoms with Gasteiger partial charge in [0.15, 0.2) is 5.82 Å². The molecule has 0 fully saturated rings. The Balaban J connectivity index is 2.38. The third-order valence-corrected chi connectivity index (χ3v) is 4.55. The number of aryl methyl sites for hydroxylation is 1. The van der Waals surface area contributed by atoms with E-state index < -0.39 is 10.0 Å². The van der Waals surface area contributed by atoms with Gasteiger partial charge in [-0.25, -0.2) is 13.4 Å². The van der Waals surface area contributed by atoms with Crippen molar-refractivity contribution in [2.45, 2.75) is 11.8 Å². The van der Waals surface area contributed by atoms with Gasteiger partial charge < -0.3 is 0 Å². The standard InChI is InChI=1S/C11H9Cl2N3O2S/c1-7-5-15-10(6-14-7)16-19(17,18)9-4-2-3-8(12)11(9)13/h2-6H,1H3,(H,15,16). The highest BCUT2D eigenvalue weighted by atomic mass is 35.5. The van der Waals surface area contributed by atoms with Crippen molar-refractivity contribution in [1.82, 2.24) is 9.97 Å². The summed E-state index contributed by atoms with van der Waals surface area (Å²) in [5, 5.41) is 0.135. The number of halogens is 2. The molecule has 19 heavy (non-hydrogen) atoms. The number of hydrogen-bond donors (Lipinski definition) is 1. The van der Waals surface area contributed by atoms with Crippen LogP contribution in [0.5, 0.6) is 0 Å². The van der Waals surface area contributed by atoms with E-state index in [0.29, 0.717) is 5.69 Å². The summed E-state index contributed by atoms with van der Waals surface area (Å²) < 4.78 is 26.6. The molecule has 1 N–H and O–H groups in total. The summed E-state index contributed by atoms with van der Waals surface area (Å²) in [7, 11) is -3.85. The van der Waals surface area contributed by atoms with Crippen LogP contribution in [-0.2, 0) is 10.0 Å². The van der Waals surface area contributed by atoms with Crippen molar-refractivity contribution in [2.24, 2.45) is 0 Å². The molecule has 0 unspecified atom stereocenters. The third kappa shape index (κ3) is 3.15. The zero-order valence-corrected chi connectivity index (χ0v) is 12.1. The van der Waals surface area contributed by atoms with E-state index >= 15 is 0 Å². The molecule has 0 aliphatic carbocycles. The maximum Gasteiger partial charge on any atom is 0.264 e. The fraction of sp³-hybridized carbons (Fsp3) is 0.0909. The number of aromatic nitrogens is 2. The monoisotopic (exact) mass is 317 g/mol. The second-order valence-corrected chi connectivity index (χ2v) is 6.14. The van der Waals surface area contributed by atoms with Crippen molar-refractivity contribution in [2.75, 3.05) is 4.72 Å². The second kappa shape index (κ2) is 5.32. The number of hydrogen-bond acceptors (Lipinski definition) is 4. The van der Waals surface area contributed by atoms with Gasteiger partial charge in [0.1, 0.15) is 4.90 Å². The maximum atomic E-state index is 12.1. The molecule has 5 nitrogen and oxygen atoms in total. The average molecular weight is 318 g/mol. The number of sulfonamides is 1. The van der Waals surface area contributed by atoms with Gasteiger partial charge in [-0.05, 0) is 19.1 Å². The summed E-state index contributed by atoms with van der Waals surface area (Å²) in [6, 6.07) is 4.37. The molecule has 1 heterocycles. The van der Waals surface area contributed by atoms with E-state index in [1.54, 1.807) is 6.92 Å². The summed E-state index contributed by atoms with van der Waals surface area (Å²) in [6.07, 6.45) is 2.78. The van der Waals surface area contributed by atoms with Gasteiger partial charge in [-0.3, -0.25) is 9.71 Å². The second-order valence-electron chi connectivity index (χ2n) is 3.70. The Hall–Kier alpha value is -1.37. The summed E-state index contributed by atoms with van der Waals surface area (Å²) in [4.78, 5) is 7.75. The highest BCUT2D eigenvalue weighted by Gasteiger charge is 2.20. The molecule has 0 amide bonds. The van der Waals surface area contributed by atoms with Crippen molar-refractivity contribution in [3.05, 3.63) is 46.3 Å². The Bertz CT molecular complexity index is 702. The lowest BCUT2D eigenvalue weighted by Gasteiger charge is -2.09. The van der Waals surface area contributed by atoms with Gasteiger partial charge in [-0.1, -0.05) is 29.3 Å². The fourth-order valence-electron chi connectivity index (χ4n) is 1.33. The van der Waals surface area contributed by atoms with Gasteiger partial charge in [0.2, 0.25) is 0 Å². The number of rotatable bonds is 3. The van der Waals surface area contributed by atoms with Crippen LogP contribution in [0.1, 0.15) is 5.69 Å². The molecule has 100 valence electrons. The van der Waals surface area contributed by atoms with E-state index in [2.05, 4.69) is 14.7 Å². The van der Waals surface area contributed by atoms with E-state index in [9.17, 15) is 8.42 Å². The van der Waals surface area contributed by atoms with Crippen LogP contribution >= 0.6 is 23.2 Å². The summed E-state index contributed by atoms with van der Waals surface area (Å²) >= 11 is 11.7.